The van der Waals surface area contributed by atoms with E-state index < -0.39 is 0 Å². The van der Waals surface area contributed by atoms with Gasteiger partial charge >= 0.3 is 0 Å². The lowest BCUT2D eigenvalue weighted by Gasteiger charge is -2.30. The number of likely N-dealkylation sites (tertiary alicyclic amines) is 1. The molecule has 1 aliphatic heterocycles. The molecule has 1 aromatic carbocycles. The summed E-state index contributed by atoms with van der Waals surface area (Å²) in [6, 6.07) is 6.59. The molecule has 2 aromatic heterocycles. The smallest absolute Gasteiger partial charge is 0.137 e. The number of aromatic amines is 1. The van der Waals surface area contributed by atoms with E-state index in [0.717, 1.165) is 13.0 Å². The average Bonchev–Trinajstić information content (AvgIpc) is 3.07. The van der Waals surface area contributed by atoms with E-state index in [-0.39, 0.29) is 0 Å². The molecule has 0 unspecified atom stereocenters. The van der Waals surface area contributed by atoms with Crippen molar-refractivity contribution in [1.82, 2.24) is 24.6 Å². The van der Waals surface area contributed by atoms with Gasteiger partial charge in [-0.15, -0.1) is 0 Å². The van der Waals surface area contributed by atoms with Gasteiger partial charge in [0.25, 0.3) is 0 Å². The second-order valence-electron chi connectivity index (χ2n) is 5.73. The van der Waals surface area contributed by atoms with Crippen molar-refractivity contribution in [3.05, 3.63) is 48.2 Å². The Balaban J connectivity index is 1.56. The van der Waals surface area contributed by atoms with Gasteiger partial charge in [-0.3, -0.25) is 0 Å². The molecular weight excluding hydrogens is 262 g/mol. The summed E-state index contributed by atoms with van der Waals surface area (Å²) >= 11 is 0. The van der Waals surface area contributed by atoms with Crippen molar-refractivity contribution < 1.29 is 0 Å². The largest absolute Gasteiger partial charge is 0.361 e. The van der Waals surface area contributed by atoms with Crippen LogP contribution < -0.4 is 0 Å². The van der Waals surface area contributed by atoms with E-state index in [4.69, 9.17) is 0 Å². The minimum Gasteiger partial charge on any atom is -0.361 e. The molecule has 0 spiro atoms. The maximum Gasteiger partial charge on any atom is 0.137 e. The molecule has 0 radical (unpaired) electrons. The average molecular weight is 281 g/mol. The lowest BCUT2D eigenvalue weighted by molar-refractivity contribution is 0.184. The van der Waals surface area contributed by atoms with E-state index in [9.17, 15) is 0 Å². The van der Waals surface area contributed by atoms with Crippen LogP contribution in [0.5, 0.6) is 0 Å². The van der Waals surface area contributed by atoms with Gasteiger partial charge in [0.1, 0.15) is 12.7 Å². The Morgan fingerprint density at radius 3 is 2.95 bits per heavy atom. The van der Waals surface area contributed by atoms with Crippen LogP contribution in [0.1, 0.15) is 17.5 Å². The number of hydrogen-bond acceptors (Lipinski definition) is 3. The quantitative estimate of drug-likeness (QED) is 0.779. The summed E-state index contributed by atoms with van der Waals surface area (Å²) in [5.74, 6) is 0. The van der Waals surface area contributed by atoms with Crippen LogP contribution in [0.4, 0.5) is 0 Å². The van der Waals surface area contributed by atoms with Crippen LogP contribution in [0, 0.1) is 0 Å². The zero-order valence-corrected chi connectivity index (χ0v) is 12.0. The number of nitrogens with zero attached hydrogens (tertiary/aromatic N) is 4. The van der Waals surface area contributed by atoms with Gasteiger partial charge in [-0.25, -0.2) is 9.67 Å². The minimum absolute atomic E-state index is 0.771. The van der Waals surface area contributed by atoms with Crippen LogP contribution in [0.3, 0.4) is 0 Å². The highest BCUT2D eigenvalue weighted by atomic mass is 15.3. The summed E-state index contributed by atoms with van der Waals surface area (Å²) in [6.45, 7) is 4.47. The fourth-order valence-corrected chi connectivity index (χ4v) is 2.92. The molecule has 0 amide bonds. The zero-order chi connectivity index (χ0) is 14.1. The van der Waals surface area contributed by atoms with Crippen LogP contribution in [0.25, 0.3) is 10.9 Å². The highest BCUT2D eigenvalue weighted by molar-refractivity contribution is 5.83. The summed E-state index contributed by atoms with van der Waals surface area (Å²) in [5, 5.41) is 5.51. The number of aromatic nitrogens is 4. The van der Waals surface area contributed by atoms with Crippen molar-refractivity contribution >= 4 is 10.9 Å². The van der Waals surface area contributed by atoms with Gasteiger partial charge in [0.05, 0.1) is 6.54 Å². The van der Waals surface area contributed by atoms with Gasteiger partial charge in [0.15, 0.2) is 0 Å². The minimum atomic E-state index is 0.771. The molecule has 1 N–H and O–H groups in total. The first kappa shape index (κ1) is 12.6. The first-order valence-corrected chi connectivity index (χ1v) is 7.52. The highest BCUT2D eigenvalue weighted by Gasteiger charge is 2.14. The normalized spacial score (nSPS) is 15.4. The van der Waals surface area contributed by atoms with Crippen molar-refractivity contribution in [2.45, 2.75) is 19.4 Å². The molecule has 3 aromatic rings. The molecule has 4 rings (SSSR count). The molecule has 0 bridgehead atoms. The van der Waals surface area contributed by atoms with Crippen LogP contribution in [0.15, 0.2) is 37.1 Å². The summed E-state index contributed by atoms with van der Waals surface area (Å²) in [7, 11) is 0. The number of H-pyrrole nitrogens is 1. The summed E-state index contributed by atoms with van der Waals surface area (Å²) < 4.78 is 1.85. The van der Waals surface area contributed by atoms with E-state index in [1.165, 1.54) is 48.1 Å². The maximum atomic E-state index is 4.17. The van der Waals surface area contributed by atoms with Crippen LogP contribution >= 0.6 is 0 Å². The molecule has 0 atom stereocenters. The first-order chi connectivity index (χ1) is 10.4. The molecular formula is C16H19N5. The maximum absolute atomic E-state index is 4.17. The van der Waals surface area contributed by atoms with E-state index in [1.54, 1.807) is 12.7 Å². The van der Waals surface area contributed by atoms with Crippen molar-refractivity contribution in [2.75, 3.05) is 19.6 Å². The molecule has 108 valence electrons. The van der Waals surface area contributed by atoms with Gasteiger partial charge in [-0.2, -0.15) is 5.10 Å². The van der Waals surface area contributed by atoms with Gasteiger partial charge in [-0.05, 0) is 49.2 Å². The summed E-state index contributed by atoms with van der Waals surface area (Å²) in [4.78, 5) is 9.89. The highest BCUT2D eigenvalue weighted by Crippen LogP contribution is 2.21. The third kappa shape index (κ3) is 2.56. The Hall–Kier alpha value is -2.14. The number of rotatable bonds is 5. The monoisotopic (exact) mass is 281 g/mol. The van der Waals surface area contributed by atoms with E-state index >= 15 is 0 Å². The molecule has 5 nitrogen and oxygen atoms in total. The zero-order valence-electron chi connectivity index (χ0n) is 12.0. The molecule has 1 fully saturated rings. The predicted molar refractivity (Wildman–Crippen MR) is 82.2 cm³/mol. The molecule has 21 heavy (non-hydrogen) atoms. The van der Waals surface area contributed by atoms with Crippen molar-refractivity contribution in [3.63, 3.8) is 0 Å². The third-order valence-corrected chi connectivity index (χ3v) is 4.29. The Morgan fingerprint density at radius 1 is 1.24 bits per heavy atom. The fourth-order valence-electron chi connectivity index (χ4n) is 2.92. The topological polar surface area (TPSA) is 49.7 Å². The Morgan fingerprint density at radius 2 is 2.19 bits per heavy atom. The SMILES string of the molecule is c1ncn(Cc2ccc3[nH]cc(CCN4CCC4)c3c2)n1. The summed E-state index contributed by atoms with van der Waals surface area (Å²) in [6.07, 6.45) is 7.96. The molecule has 3 heterocycles. The third-order valence-electron chi connectivity index (χ3n) is 4.29. The lowest BCUT2D eigenvalue weighted by Crippen LogP contribution is -2.38. The van der Waals surface area contributed by atoms with Crippen LogP contribution in [-0.2, 0) is 13.0 Å². The number of hydrogen-bond donors (Lipinski definition) is 1. The van der Waals surface area contributed by atoms with Crippen LogP contribution in [-0.4, -0.2) is 44.3 Å². The fraction of sp³-hybridized carbons (Fsp3) is 0.375. The number of fused-ring (bicyclic) bond motifs is 1. The second-order valence-corrected chi connectivity index (χ2v) is 5.73. The van der Waals surface area contributed by atoms with E-state index in [1.807, 2.05) is 4.68 Å². The van der Waals surface area contributed by atoms with Gasteiger partial charge in [0, 0.05) is 23.6 Å². The van der Waals surface area contributed by atoms with Gasteiger partial charge in [0.2, 0.25) is 0 Å². The molecule has 0 aliphatic carbocycles. The van der Waals surface area contributed by atoms with E-state index in [0.29, 0.717) is 0 Å². The molecule has 5 heteroatoms. The Bertz CT molecular complexity index is 724. The van der Waals surface area contributed by atoms with Crippen LogP contribution in [0.2, 0.25) is 0 Å². The molecule has 0 saturated carbocycles. The molecule has 1 saturated heterocycles. The lowest BCUT2D eigenvalue weighted by atomic mass is 10.1. The number of nitrogens with one attached hydrogen (secondary N) is 1. The first-order valence-electron chi connectivity index (χ1n) is 7.52. The molecule has 1 aliphatic rings. The summed E-state index contributed by atoms with van der Waals surface area (Å²) in [5.41, 5.74) is 3.89. The van der Waals surface area contributed by atoms with Gasteiger partial charge < -0.3 is 9.88 Å². The number of benzene rings is 1. The predicted octanol–water partition coefficient (Wildman–Crippen LogP) is 2.06. The van der Waals surface area contributed by atoms with Crippen molar-refractivity contribution in [1.29, 1.82) is 0 Å². The Kier molecular flexibility index (Phi) is 3.20. The van der Waals surface area contributed by atoms with E-state index in [2.05, 4.69) is 44.4 Å². The van der Waals surface area contributed by atoms with Gasteiger partial charge in [-0.1, -0.05) is 6.07 Å². The van der Waals surface area contributed by atoms with Crippen molar-refractivity contribution in [2.24, 2.45) is 0 Å². The van der Waals surface area contributed by atoms with Crippen molar-refractivity contribution in [3.8, 4) is 0 Å². The standard InChI is InChI=1S/C16H19N5/c1-5-20(6-1)7-4-14-9-18-16-3-2-13(8-15(14)16)10-21-12-17-11-19-21/h2-3,8-9,11-12,18H,1,4-7,10H2. The Labute approximate surface area is 123 Å². The second kappa shape index (κ2) is 5.33.